The number of nitrogens with zero attached hydrogens (tertiary/aromatic N) is 3. The highest BCUT2D eigenvalue weighted by molar-refractivity contribution is 5.94. The smallest absolute Gasteiger partial charge is 0.253 e. The Morgan fingerprint density at radius 1 is 1.20 bits per heavy atom. The quantitative estimate of drug-likeness (QED) is 0.880. The first kappa shape index (κ1) is 14.5. The van der Waals surface area contributed by atoms with Crippen LogP contribution in [0.1, 0.15) is 22.3 Å². The van der Waals surface area contributed by atoms with Gasteiger partial charge in [-0.05, 0) is 37.2 Å². The Kier molecular flexibility index (Phi) is 5.10. The van der Waals surface area contributed by atoms with Gasteiger partial charge < -0.3 is 10.0 Å². The van der Waals surface area contributed by atoms with Crippen molar-refractivity contribution >= 4 is 5.91 Å². The lowest BCUT2D eigenvalue weighted by Crippen LogP contribution is -2.35. The standard InChI is InChI=1S/C15H19N3O2/c16-12-13-2-4-14(5-3-13)15(20)18-7-1-6-17(8-9-18)10-11-19/h2-5,19H,1,6-11H2. The van der Waals surface area contributed by atoms with Gasteiger partial charge in [0.05, 0.1) is 18.2 Å². The monoisotopic (exact) mass is 273 g/mol. The van der Waals surface area contributed by atoms with Crippen molar-refractivity contribution in [2.24, 2.45) is 0 Å². The molecular weight excluding hydrogens is 254 g/mol. The maximum Gasteiger partial charge on any atom is 0.253 e. The third kappa shape index (κ3) is 3.56. The van der Waals surface area contributed by atoms with Crippen molar-refractivity contribution in [2.45, 2.75) is 6.42 Å². The zero-order chi connectivity index (χ0) is 14.4. The molecule has 1 aliphatic heterocycles. The van der Waals surface area contributed by atoms with Crippen LogP contribution in [0.25, 0.3) is 0 Å². The third-order valence-corrected chi connectivity index (χ3v) is 3.55. The van der Waals surface area contributed by atoms with Gasteiger partial charge in [-0.3, -0.25) is 9.69 Å². The summed E-state index contributed by atoms with van der Waals surface area (Å²) in [6.45, 7) is 3.95. The molecule has 0 aliphatic carbocycles. The van der Waals surface area contributed by atoms with Crippen molar-refractivity contribution < 1.29 is 9.90 Å². The number of benzene rings is 1. The highest BCUT2D eigenvalue weighted by Crippen LogP contribution is 2.10. The van der Waals surface area contributed by atoms with Crippen LogP contribution >= 0.6 is 0 Å². The highest BCUT2D eigenvalue weighted by Gasteiger charge is 2.19. The van der Waals surface area contributed by atoms with E-state index in [4.69, 9.17) is 10.4 Å². The molecule has 1 N–H and O–H groups in total. The van der Waals surface area contributed by atoms with E-state index >= 15 is 0 Å². The molecular formula is C15H19N3O2. The molecule has 0 unspecified atom stereocenters. The maximum absolute atomic E-state index is 12.4. The van der Waals surface area contributed by atoms with Gasteiger partial charge in [0.1, 0.15) is 0 Å². The molecule has 0 radical (unpaired) electrons. The van der Waals surface area contributed by atoms with E-state index in [-0.39, 0.29) is 12.5 Å². The Balaban J connectivity index is 1.99. The fourth-order valence-electron chi connectivity index (χ4n) is 2.41. The molecule has 0 spiro atoms. The number of carbonyl (C=O) groups is 1. The molecule has 0 aromatic heterocycles. The number of β-amino-alcohol motifs (C(OH)–C–C–N with tert-alkyl or cyclic N) is 1. The molecule has 0 atom stereocenters. The second-order valence-corrected chi connectivity index (χ2v) is 4.90. The summed E-state index contributed by atoms with van der Waals surface area (Å²) >= 11 is 0. The molecule has 1 fully saturated rings. The van der Waals surface area contributed by atoms with Gasteiger partial charge >= 0.3 is 0 Å². The maximum atomic E-state index is 12.4. The Bertz CT molecular complexity index is 493. The van der Waals surface area contributed by atoms with Crippen LogP contribution in [0.15, 0.2) is 24.3 Å². The summed E-state index contributed by atoms with van der Waals surface area (Å²) in [4.78, 5) is 16.4. The molecule has 1 amide bonds. The Hall–Kier alpha value is -1.90. The number of nitriles is 1. The highest BCUT2D eigenvalue weighted by atomic mass is 16.3. The van der Waals surface area contributed by atoms with Crippen molar-refractivity contribution in [3.8, 4) is 6.07 Å². The molecule has 1 saturated heterocycles. The fourth-order valence-corrected chi connectivity index (χ4v) is 2.41. The van der Waals surface area contributed by atoms with E-state index in [2.05, 4.69) is 4.90 Å². The summed E-state index contributed by atoms with van der Waals surface area (Å²) < 4.78 is 0. The van der Waals surface area contributed by atoms with Gasteiger partial charge in [0, 0.05) is 31.7 Å². The van der Waals surface area contributed by atoms with Gasteiger partial charge in [0.15, 0.2) is 0 Å². The molecule has 106 valence electrons. The minimum atomic E-state index is 0.0142. The second-order valence-electron chi connectivity index (χ2n) is 4.90. The average Bonchev–Trinajstić information content (AvgIpc) is 2.73. The molecule has 1 aromatic carbocycles. The summed E-state index contributed by atoms with van der Waals surface area (Å²) in [5, 5.41) is 17.7. The predicted octanol–water partition coefficient (Wildman–Crippen LogP) is 0.698. The molecule has 1 heterocycles. The topological polar surface area (TPSA) is 67.6 Å². The van der Waals surface area contributed by atoms with E-state index in [9.17, 15) is 4.79 Å². The minimum Gasteiger partial charge on any atom is -0.395 e. The number of hydrogen-bond acceptors (Lipinski definition) is 4. The van der Waals surface area contributed by atoms with Crippen molar-refractivity contribution in [1.82, 2.24) is 9.80 Å². The van der Waals surface area contributed by atoms with Crippen LogP contribution in [-0.2, 0) is 0 Å². The first-order chi connectivity index (χ1) is 9.74. The SMILES string of the molecule is N#Cc1ccc(C(=O)N2CCCN(CCO)CC2)cc1. The Morgan fingerprint density at radius 2 is 1.95 bits per heavy atom. The zero-order valence-electron chi connectivity index (χ0n) is 11.5. The van der Waals surface area contributed by atoms with Crippen LogP contribution in [0, 0.1) is 11.3 Å². The number of rotatable bonds is 3. The van der Waals surface area contributed by atoms with Crippen LogP contribution in [0.3, 0.4) is 0 Å². The lowest BCUT2D eigenvalue weighted by atomic mass is 10.1. The van der Waals surface area contributed by atoms with E-state index in [1.54, 1.807) is 24.3 Å². The summed E-state index contributed by atoms with van der Waals surface area (Å²) in [6, 6.07) is 8.80. The van der Waals surface area contributed by atoms with Crippen LogP contribution in [0.4, 0.5) is 0 Å². The summed E-state index contributed by atoms with van der Waals surface area (Å²) in [5.74, 6) is 0.0142. The van der Waals surface area contributed by atoms with E-state index in [0.29, 0.717) is 24.2 Å². The van der Waals surface area contributed by atoms with Crippen molar-refractivity contribution in [3.63, 3.8) is 0 Å². The molecule has 0 bridgehead atoms. The van der Waals surface area contributed by atoms with Crippen LogP contribution < -0.4 is 0 Å². The lowest BCUT2D eigenvalue weighted by molar-refractivity contribution is 0.0760. The first-order valence-electron chi connectivity index (χ1n) is 6.87. The van der Waals surface area contributed by atoms with E-state index < -0.39 is 0 Å². The summed E-state index contributed by atoms with van der Waals surface area (Å²) in [5.41, 5.74) is 1.19. The van der Waals surface area contributed by atoms with Gasteiger partial charge in [0.25, 0.3) is 5.91 Å². The fraction of sp³-hybridized carbons (Fsp3) is 0.467. The van der Waals surface area contributed by atoms with Crippen molar-refractivity contribution in [3.05, 3.63) is 35.4 Å². The van der Waals surface area contributed by atoms with Crippen LogP contribution in [-0.4, -0.2) is 60.1 Å². The van der Waals surface area contributed by atoms with E-state index in [0.717, 1.165) is 26.1 Å². The number of carbonyl (C=O) groups excluding carboxylic acids is 1. The summed E-state index contributed by atoms with van der Waals surface area (Å²) in [7, 11) is 0. The van der Waals surface area contributed by atoms with Gasteiger partial charge in [-0.2, -0.15) is 5.26 Å². The molecule has 1 aliphatic rings. The Labute approximate surface area is 119 Å². The average molecular weight is 273 g/mol. The van der Waals surface area contributed by atoms with E-state index in [1.165, 1.54) is 0 Å². The largest absolute Gasteiger partial charge is 0.395 e. The lowest BCUT2D eigenvalue weighted by Gasteiger charge is -2.21. The van der Waals surface area contributed by atoms with Crippen molar-refractivity contribution in [2.75, 3.05) is 39.3 Å². The number of amides is 1. The molecule has 20 heavy (non-hydrogen) atoms. The minimum absolute atomic E-state index is 0.0142. The van der Waals surface area contributed by atoms with E-state index in [1.807, 2.05) is 11.0 Å². The molecule has 2 rings (SSSR count). The van der Waals surface area contributed by atoms with Gasteiger partial charge in [-0.25, -0.2) is 0 Å². The number of aliphatic hydroxyl groups is 1. The molecule has 0 saturated carbocycles. The predicted molar refractivity (Wildman–Crippen MR) is 75.2 cm³/mol. The van der Waals surface area contributed by atoms with Crippen LogP contribution in [0.5, 0.6) is 0 Å². The second kappa shape index (κ2) is 7.04. The third-order valence-electron chi connectivity index (χ3n) is 3.55. The molecule has 5 heteroatoms. The normalized spacial score (nSPS) is 16.5. The number of aliphatic hydroxyl groups excluding tert-OH is 1. The van der Waals surface area contributed by atoms with Crippen molar-refractivity contribution in [1.29, 1.82) is 5.26 Å². The van der Waals surface area contributed by atoms with Gasteiger partial charge in [-0.15, -0.1) is 0 Å². The number of hydrogen-bond donors (Lipinski definition) is 1. The van der Waals surface area contributed by atoms with Crippen LogP contribution in [0.2, 0.25) is 0 Å². The first-order valence-corrected chi connectivity index (χ1v) is 6.87. The Morgan fingerprint density at radius 3 is 2.60 bits per heavy atom. The van der Waals surface area contributed by atoms with Gasteiger partial charge in [0.2, 0.25) is 0 Å². The zero-order valence-corrected chi connectivity index (χ0v) is 11.5. The summed E-state index contributed by atoms with van der Waals surface area (Å²) in [6.07, 6.45) is 0.919. The molecule has 5 nitrogen and oxygen atoms in total. The molecule has 1 aromatic rings. The van der Waals surface area contributed by atoms with Gasteiger partial charge in [-0.1, -0.05) is 0 Å².